The Labute approximate surface area is 179 Å². The topological polar surface area (TPSA) is 72.0 Å². The van der Waals surface area contributed by atoms with Crippen LogP contribution >= 0.6 is 12.2 Å². The van der Waals surface area contributed by atoms with Crippen LogP contribution < -0.4 is 5.56 Å². The molecule has 1 aliphatic heterocycles. The second kappa shape index (κ2) is 8.64. The van der Waals surface area contributed by atoms with E-state index in [1.54, 1.807) is 12.1 Å². The first kappa shape index (κ1) is 20.1. The van der Waals surface area contributed by atoms with Crippen molar-refractivity contribution in [1.82, 2.24) is 14.1 Å². The van der Waals surface area contributed by atoms with Gasteiger partial charge in [0.1, 0.15) is 5.56 Å². The van der Waals surface area contributed by atoms with Crippen LogP contribution in [-0.4, -0.2) is 51.8 Å². The van der Waals surface area contributed by atoms with Gasteiger partial charge in [-0.1, -0.05) is 36.4 Å². The molecule has 2 heterocycles. The predicted molar refractivity (Wildman–Crippen MR) is 119 cm³/mol. The molecule has 0 aliphatic carbocycles. The molecular formula is C22H22N4O3S. The van der Waals surface area contributed by atoms with Crippen molar-refractivity contribution < 1.29 is 9.84 Å². The molecule has 3 aromatic rings. The standard InChI is InChI=1S/C22H22N4O3S/c1-16-7-5-6-10-19(16)26-21(28)18(15-23-24-11-13-29-14-12-24)20(27)25(22(26)30)17-8-3-2-4-9-17/h2-10,15,28H,11-14H2,1H3/b23-15-. The van der Waals surface area contributed by atoms with Crippen LogP contribution in [0.3, 0.4) is 0 Å². The molecule has 30 heavy (non-hydrogen) atoms. The van der Waals surface area contributed by atoms with E-state index in [9.17, 15) is 9.90 Å². The lowest BCUT2D eigenvalue weighted by molar-refractivity contribution is 0.0396. The number of para-hydroxylation sites is 2. The number of benzene rings is 2. The summed E-state index contributed by atoms with van der Waals surface area (Å²) in [6, 6.07) is 16.7. The van der Waals surface area contributed by atoms with E-state index in [0.29, 0.717) is 37.7 Å². The molecule has 154 valence electrons. The molecule has 0 unspecified atom stereocenters. The Morgan fingerprint density at radius 2 is 1.70 bits per heavy atom. The van der Waals surface area contributed by atoms with Gasteiger partial charge in [-0.25, -0.2) is 0 Å². The number of aromatic nitrogens is 2. The number of hydrazone groups is 1. The Bertz CT molecular complexity index is 1200. The van der Waals surface area contributed by atoms with Gasteiger partial charge in [-0.3, -0.25) is 18.9 Å². The van der Waals surface area contributed by atoms with E-state index >= 15 is 0 Å². The highest BCUT2D eigenvalue weighted by molar-refractivity contribution is 7.71. The third-order valence-corrected chi connectivity index (χ3v) is 5.34. The molecule has 7 nitrogen and oxygen atoms in total. The fraction of sp³-hybridized carbons (Fsp3) is 0.227. The molecule has 1 N–H and O–H groups in total. The molecule has 0 spiro atoms. The maximum absolute atomic E-state index is 13.3. The minimum absolute atomic E-state index is 0.0715. The molecular weight excluding hydrogens is 400 g/mol. The third-order valence-electron chi connectivity index (χ3n) is 4.98. The van der Waals surface area contributed by atoms with E-state index < -0.39 is 5.56 Å². The normalized spacial score (nSPS) is 14.4. The van der Waals surface area contributed by atoms with Gasteiger partial charge in [0.25, 0.3) is 5.56 Å². The van der Waals surface area contributed by atoms with Crippen LogP contribution in [0.4, 0.5) is 0 Å². The monoisotopic (exact) mass is 422 g/mol. The molecule has 1 aliphatic rings. The van der Waals surface area contributed by atoms with Crippen LogP contribution in [0.5, 0.6) is 5.88 Å². The van der Waals surface area contributed by atoms with Gasteiger partial charge in [-0.15, -0.1) is 0 Å². The number of hydrogen-bond donors (Lipinski definition) is 1. The highest BCUT2D eigenvalue weighted by Gasteiger charge is 2.19. The maximum Gasteiger partial charge on any atom is 0.271 e. The summed E-state index contributed by atoms with van der Waals surface area (Å²) >= 11 is 5.65. The molecule has 0 saturated carbocycles. The molecule has 0 amide bonds. The molecule has 1 saturated heterocycles. The smallest absolute Gasteiger partial charge is 0.271 e. The lowest BCUT2D eigenvalue weighted by atomic mass is 10.2. The highest BCUT2D eigenvalue weighted by atomic mass is 32.1. The molecule has 2 aromatic carbocycles. The Morgan fingerprint density at radius 3 is 2.40 bits per heavy atom. The van der Waals surface area contributed by atoms with Crippen molar-refractivity contribution in [3.05, 3.63) is 80.8 Å². The first-order valence-corrected chi connectivity index (χ1v) is 10.1. The van der Waals surface area contributed by atoms with Gasteiger partial charge in [-0.2, -0.15) is 5.10 Å². The number of hydrogen-bond acceptors (Lipinski definition) is 6. The van der Waals surface area contributed by atoms with Crippen LogP contribution in [0.25, 0.3) is 11.4 Å². The van der Waals surface area contributed by atoms with Crippen LogP contribution in [0.15, 0.2) is 64.5 Å². The minimum atomic E-state index is -0.425. The summed E-state index contributed by atoms with van der Waals surface area (Å²) in [7, 11) is 0. The van der Waals surface area contributed by atoms with Crippen molar-refractivity contribution in [2.75, 3.05) is 26.3 Å². The SMILES string of the molecule is Cc1ccccc1-n1c(O)c(/C=N\N2CCOCC2)c(=O)n(-c2ccccc2)c1=S. The summed E-state index contributed by atoms with van der Waals surface area (Å²) in [6.07, 6.45) is 1.41. The summed E-state index contributed by atoms with van der Waals surface area (Å²) in [5.41, 5.74) is 1.88. The van der Waals surface area contributed by atoms with Crippen molar-refractivity contribution in [2.45, 2.75) is 6.92 Å². The van der Waals surface area contributed by atoms with Crippen molar-refractivity contribution >= 4 is 18.4 Å². The predicted octanol–water partition coefficient (Wildman–Crippen LogP) is 3.04. The number of morpholine rings is 1. The summed E-state index contributed by atoms with van der Waals surface area (Å²) in [5, 5.41) is 17.3. The van der Waals surface area contributed by atoms with Crippen LogP contribution in [0.2, 0.25) is 0 Å². The molecule has 1 fully saturated rings. The average Bonchev–Trinajstić information content (AvgIpc) is 2.76. The summed E-state index contributed by atoms with van der Waals surface area (Å²) in [6.45, 7) is 4.33. The number of rotatable bonds is 4. The summed E-state index contributed by atoms with van der Waals surface area (Å²) in [4.78, 5) is 13.3. The molecule has 0 radical (unpaired) electrons. The van der Waals surface area contributed by atoms with E-state index in [-0.39, 0.29) is 16.2 Å². The molecule has 0 atom stereocenters. The van der Waals surface area contributed by atoms with E-state index in [4.69, 9.17) is 17.0 Å². The van der Waals surface area contributed by atoms with Crippen molar-refractivity contribution in [3.8, 4) is 17.3 Å². The van der Waals surface area contributed by atoms with Gasteiger partial charge in [0.15, 0.2) is 4.77 Å². The zero-order valence-electron chi connectivity index (χ0n) is 16.6. The maximum atomic E-state index is 13.3. The zero-order chi connectivity index (χ0) is 21.1. The molecule has 0 bridgehead atoms. The van der Waals surface area contributed by atoms with Crippen molar-refractivity contribution in [1.29, 1.82) is 0 Å². The zero-order valence-corrected chi connectivity index (χ0v) is 17.4. The number of aryl methyl sites for hydroxylation is 1. The van der Waals surface area contributed by atoms with Crippen molar-refractivity contribution in [3.63, 3.8) is 0 Å². The van der Waals surface area contributed by atoms with Gasteiger partial charge in [-0.05, 0) is 42.9 Å². The average molecular weight is 423 g/mol. The van der Waals surface area contributed by atoms with Crippen molar-refractivity contribution in [2.24, 2.45) is 5.10 Å². The third kappa shape index (κ3) is 3.79. The second-order valence-corrected chi connectivity index (χ2v) is 7.29. The Morgan fingerprint density at radius 1 is 1.03 bits per heavy atom. The Kier molecular flexibility index (Phi) is 5.78. The second-order valence-electron chi connectivity index (χ2n) is 6.93. The fourth-order valence-corrected chi connectivity index (χ4v) is 3.74. The lowest BCUT2D eigenvalue weighted by Gasteiger charge is -2.23. The minimum Gasteiger partial charge on any atom is -0.494 e. The van der Waals surface area contributed by atoms with Gasteiger partial charge >= 0.3 is 0 Å². The van der Waals surface area contributed by atoms with E-state index in [0.717, 1.165) is 5.56 Å². The largest absolute Gasteiger partial charge is 0.494 e. The Balaban J connectivity index is 1.97. The van der Waals surface area contributed by atoms with Crippen LogP contribution in [0, 0.1) is 11.7 Å². The number of nitrogens with zero attached hydrogens (tertiary/aromatic N) is 4. The first-order chi connectivity index (χ1) is 14.6. The fourth-order valence-electron chi connectivity index (χ4n) is 3.37. The highest BCUT2D eigenvalue weighted by Crippen LogP contribution is 2.23. The van der Waals surface area contributed by atoms with Crippen LogP contribution in [-0.2, 0) is 4.74 Å². The summed E-state index contributed by atoms with van der Waals surface area (Å²) in [5.74, 6) is -0.233. The van der Waals surface area contributed by atoms with Crippen LogP contribution in [0.1, 0.15) is 11.1 Å². The summed E-state index contributed by atoms with van der Waals surface area (Å²) < 4.78 is 8.45. The van der Waals surface area contributed by atoms with E-state index in [2.05, 4.69) is 5.10 Å². The van der Waals surface area contributed by atoms with Gasteiger partial charge in [0.05, 0.1) is 43.9 Å². The van der Waals surface area contributed by atoms with Gasteiger partial charge in [0.2, 0.25) is 5.88 Å². The van der Waals surface area contributed by atoms with E-state index in [1.807, 2.05) is 54.4 Å². The molecule has 1 aromatic heterocycles. The van der Waals surface area contributed by atoms with Gasteiger partial charge < -0.3 is 9.84 Å². The number of ether oxygens (including phenoxy) is 1. The first-order valence-electron chi connectivity index (χ1n) is 9.67. The molecule has 4 rings (SSSR count). The lowest BCUT2D eigenvalue weighted by Crippen LogP contribution is -2.33. The van der Waals surface area contributed by atoms with E-state index in [1.165, 1.54) is 15.3 Å². The number of aromatic hydroxyl groups is 1. The Hall–Kier alpha value is -3.23. The van der Waals surface area contributed by atoms with Gasteiger partial charge in [0, 0.05) is 0 Å². The quantitative estimate of drug-likeness (QED) is 0.517. The molecule has 8 heteroatoms.